The molecule has 0 amide bonds. The predicted octanol–water partition coefficient (Wildman–Crippen LogP) is 6.08. The van der Waals surface area contributed by atoms with E-state index < -0.39 is 12.2 Å². The fourth-order valence-corrected chi connectivity index (χ4v) is 6.58. The topological polar surface area (TPSA) is 64.4 Å². The molecule has 2 bridgehead atoms. The van der Waals surface area contributed by atoms with Gasteiger partial charge in [-0.05, 0) is 73.8 Å². The molecule has 5 nitrogen and oxygen atoms in total. The van der Waals surface area contributed by atoms with E-state index in [-0.39, 0.29) is 18.0 Å². The van der Waals surface area contributed by atoms with Gasteiger partial charge >= 0.3 is 0 Å². The van der Waals surface area contributed by atoms with E-state index in [1.807, 2.05) is 18.6 Å². The standard InChI is InChI=1S/C28H28ClFN2O3/c1-15-2-3-16(8-22(15)30)23-13-32(14-31-23)24-9-17-6-19(24)7-18(17)10-26(34)28-12-25(33)21-11-20(29)4-5-27(21)35-28/h2-5,8,11,13-14,17-19,24-25,28,33H,6-7,9-10,12H2,1H3/t17-,18-,19-,24+,25-,28-/m1/s1. The summed E-state index contributed by atoms with van der Waals surface area (Å²) in [6.45, 7) is 1.76. The molecule has 1 aliphatic heterocycles. The minimum Gasteiger partial charge on any atom is -0.482 e. The monoisotopic (exact) mass is 494 g/mol. The van der Waals surface area contributed by atoms with Crippen molar-refractivity contribution < 1.29 is 19.0 Å². The van der Waals surface area contributed by atoms with Gasteiger partial charge in [-0.2, -0.15) is 0 Å². The molecule has 1 N–H and O–H groups in total. The van der Waals surface area contributed by atoms with E-state index in [4.69, 9.17) is 16.3 Å². The Morgan fingerprint density at radius 3 is 2.80 bits per heavy atom. The van der Waals surface area contributed by atoms with Crippen LogP contribution in [-0.2, 0) is 4.79 Å². The van der Waals surface area contributed by atoms with Crippen molar-refractivity contribution in [2.75, 3.05) is 0 Å². The van der Waals surface area contributed by atoms with Gasteiger partial charge in [0.25, 0.3) is 0 Å². The molecule has 1 aromatic heterocycles. The zero-order valence-corrected chi connectivity index (χ0v) is 20.3. The first-order chi connectivity index (χ1) is 16.9. The van der Waals surface area contributed by atoms with Crippen molar-refractivity contribution in [3.63, 3.8) is 0 Å². The number of carbonyl (C=O) groups excluding carboxylic acids is 1. The van der Waals surface area contributed by atoms with Gasteiger partial charge in [-0.15, -0.1) is 0 Å². The van der Waals surface area contributed by atoms with Gasteiger partial charge in [0.15, 0.2) is 11.9 Å². The lowest BCUT2D eigenvalue weighted by Gasteiger charge is -2.32. The SMILES string of the molecule is Cc1ccc(-c2cn([C@H]3C[C@H]4C[C@@H]3C[C@@H]4CC(=O)[C@H]3C[C@@H](O)c4cc(Cl)ccc4O3)cn2)cc1F. The Morgan fingerprint density at radius 1 is 1.17 bits per heavy atom. The summed E-state index contributed by atoms with van der Waals surface area (Å²) in [5.41, 5.74) is 2.85. The zero-order valence-electron chi connectivity index (χ0n) is 19.5. The van der Waals surface area contributed by atoms with Crippen LogP contribution in [0.1, 0.15) is 55.4 Å². The fraction of sp³-hybridized carbons (Fsp3) is 0.429. The molecule has 0 saturated heterocycles. The van der Waals surface area contributed by atoms with Gasteiger partial charge in [-0.3, -0.25) is 4.79 Å². The van der Waals surface area contributed by atoms with Gasteiger partial charge in [-0.1, -0.05) is 23.7 Å². The Morgan fingerprint density at radius 2 is 2.03 bits per heavy atom. The normalized spacial score (nSPS) is 29.1. The van der Waals surface area contributed by atoms with E-state index in [9.17, 15) is 14.3 Å². The molecule has 2 aromatic carbocycles. The number of fused-ring (bicyclic) bond motifs is 3. The van der Waals surface area contributed by atoms with Crippen LogP contribution in [0.3, 0.4) is 0 Å². The number of imidazole rings is 1. The number of hydrogen-bond acceptors (Lipinski definition) is 4. The Hall–Kier alpha value is -2.70. The quantitative estimate of drug-likeness (QED) is 0.466. The first kappa shape index (κ1) is 22.7. The van der Waals surface area contributed by atoms with Gasteiger partial charge in [0.05, 0.1) is 18.1 Å². The third-order valence-electron chi connectivity index (χ3n) is 8.28. The number of ketones is 1. The van der Waals surface area contributed by atoms with Crippen molar-refractivity contribution in [1.29, 1.82) is 0 Å². The van der Waals surface area contributed by atoms with E-state index in [0.717, 1.165) is 30.5 Å². The van der Waals surface area contributed by atoms with Crippen LogP contribution in [0, 0.1) is 30.5 Å². The number of hydrogen-bond donors (Lipinski definition) is 1. The lowest BCUT2D eigenvalue weighted by Crippen LogP contribution is -2.35. The van der Waals surface area contributed by atoms with E-state index >= 15 is 0 Å². The van der Waals surface area contributed by atoms with Crippen LogP contribution in [0.4, 0.5) is 4.39 Å². The number of ether oxygens (including phenoxy) is 1. The Kier molecular flexibility index (Phi) is 5.69. The van der Waals surface area contributed by atoms with Crippen molar-refractivity contribution in [2.24, 2.45) is 17.8 Å². The van der Waals surface area contributed by atoms with Gasteiger partial charge in [-0.25, -0.2) is 9.37 Å². The van der Waals surface area contributed by atoms with E-state index in [1.54, 1.807) is 37.3 Å². The molecule has 2 saturated carbocycles. The average Bonchev–Trinajstić information content (AvgIpc) is 3.57. The first-order valence-electron chi connectivity index (χ1n) is 12.3. The summed E-state index contributed by atoms with van der Waals surface area (Å²) in [4.78, 5) is 17.6. The highest BCUT2D eigenvalue weighted by Crippen LogP contribution is 2.55. The highest BCUT2D eigenvalue weighted by molar-refractivity contribution is 6.30. The number of aliphatic hydroxyl groups is 1. The number of aryl methyl sites for hydroxylation is 1. The van der Waals surface area contributed by atoms with Gasteiger partial charge in [0.2, 0.25) is 0 Å². The maximum Gasteiger partial charge on any atom is 0.173 e. The highest BCUT2D eigenvalue weighted by Gasteiger charge is 2.47. The minimum atomic E-state index is -0.742. The van der Waals surface area contributed by atoms with Crippen molar-refractivity contribution in [3.8, 4) is 17.0 Å². The number of carbonyl (C=O) groups is 1. The molecule has 2 aliphatic carbocycles. The second-order valence-electron chi connectivity index (χ2n) is 10.4. The van der Waals surface area contributed by atoms with Gasteiger partial charge in [0.1, 0.15) is 11.6 Å². The maximum absolute atomic E-state index is 14.0. The zero-order chi connectivity index (χ0) is 24.3. The van der Waals surface area contributed by atoms with E-state index in [0.29, 0.717) is 52.1 Å². The second-order valence-corrected chi connectivity index (χ2v) is 10.9. The Bertz CT molecular complexity index is 1290. The predicted molar refractivity (Wildman–Crippen MR) is 131 cm³/mol. The van der Waals surface area contributed by atoms with Crippen LogP contribution in [0.2, 0.25) is 5.02 Å². The van der Waals surface area contributed by atoms with Gasteiger partial charge < -0.3 is 14.4 Å². The number of aromatic nitrogens is 2. The van der Waals surface area contributed by atoms with E-state index in [1.165, 1.54) is 0 Å². The van der Waals surface area contributed by atoms with Crippen LogP contribution < -0.4 is 4.74 Å². The van der Waals surface area contributed by atoms with Crippen molar-refractivity contribution in [1.82, 2.24) is 9.55 Å². The van der Waals surface area contributed by atoms with Crippen molar-refractivity contribution in [3.05, 3.63) is 70.9 Å². The number of benzene rings is 2. The Balaban J connectivity index is 1.09. The molecule has 7 heteroatoms. The molecule has 0 unspecified atom stereocenters. The molecule has 0 spiro atoms. The molecule has 6 rings (SSSR count). The van der Waals surface area contributed by atoms with Gasteiger partial charge in [0, 0.05) is 41.2 Å². The summed E-state index contributed by atoms with van der Waals surface area (Å²) in [7, 11) is 0. The first-order valence-corrected chi connectivity index (χ1v) is 12.7. The van der Waals surface area contributed by atoms with Crippen LogP contribution >= 0.6 is 11.6 Å². The van der Waals surface area contributed by atoms with Crippen molar-refractivity contribution in [2.45, 2.75) is 57.3 Å². The molecule has 2 heterocycles. The minimum absolute atomic E-state index is 0.0741. The number of Topliss-reactive ketones (excluding diaryl/α,β-unsaturated/α-hetero) is 1. The number of rotatable bonds is 5. The molecule has 2 fully saturated rings. The average molecular weight is 495 g/mol. The van der Waals surface area contributed by atoms with Crippen LogP contribution in [0.15, 0.2) is 48.9 Å². The van der Waals surface area contributed by atoms with Crippen LogP contribution in [0.25, 0.3) is 11.3 Å². The third-order valence-corrected chi connectivity index (χ3v) is 8.51. The number of nitrogens with zero attached hydrogens (tertiary/aromatic N) is 2. The summed E-state index contributed by atoms with van der Waals surface area (Å²) in [6.07, 6.45) is 6.44. The maximum atomic E-state index is 14.0. The van der Waals surface area contributed by atoms with Crippen molar-refractivity contribution >= 4 is 17.4 Å². The van der Waals surface area contributed by atoms with E-state index in [2.05, 4.69) is 9.55 Å². The second kappa shape index (κ2) is 8.75. The molecule has 3 aliphatic rings. The molecule has 3 aromatic rings. The number of aliphatic hydroxyl groups excluding tert-OH is 1. The molecular weight excluding hydrogens is 467 g/mol. The highest BCUT2D eigenvalue weighted by atomic mass is 35.5. The van der Waals surface area contributed by atoms with Crippen LogP contribution in [0.5, 0.6) is 5.75 Å². The molecule has 0 radical (unpaired) electrons. The summed E-state index contributed by atoms with van der Waals surface area (Å²) in [5, 5.41) is 11.1. The lowest BCUT2D eigenvalue weighted by molar-refractivity contribution is -0.129. The molecule has 6 atom stereocenters. The smallest absolute Gasteiger partial charge is 0.173 e. The summed E-state index contributed by atoms with van der Waals surface area (Å²) in [5.74, 6) is 1.76. The van der Waals surface area contributed by atoms with Crippen LogP contribution in [-0.4, -0.2) is 26.5 Å². The molecule has 182 valence electrons. The molecular formula is C28H28ClFN2O3. The number of halogens is 2. The summed E-state index contributed by atoms with van der Waals surface area (Å²) < 4.78 is 22.1. The fourth-order valence-electron chi connectivity index (χ4n) is 6.40. The Labute approximate surface area is 208 Å². The third kappa shape index (κ3) is 4.17. The summed E-state index contributed by atoms with van der Waals surface area (Å²) in [6, 6.07) is 10.7. The summed E-state index contributed by atoms with van der Waals surface area (Å²) >= 11 is 6.04. The molecule has 35 heavy (non-hydrogen) atoms. The largest absolute Gasteiger partial charge is 0.482 e. The lowest BCUT2D eigenvalue weighted by atomic mass is 9.81.